The number of carbonyl (C=O) groups excluding carboxylic acids is 2. The van der Waals surface area contributed by atoms with Crippen LogP contribution in [0.1, 0.15) is 32.5 Å². The number of hydrogen-bond donors (Lipinski definition) is 1. The molecule has 0 aliphatic heterocycles. The fraction of sp³-hybridized carbons (Fsp3) is 0.182. The first-order valence-electron chi connectivity index (χ1n) is 8.99. The van der Waals surface area contributed by atoms with Crippen molar-refractivity contribution >= 4 is 28.8 Å². The van der Waals surface area contributed by atoms with Crippen LogP contribution in [0.5, 0.6) is 5.75 Å². The lowest BCUT2D eigenvalue weighted by Gasteiger charge is -2.19. The number of amides is 2. The van der Waals surface area contributed by atoms with Gasteiger partial charge in [0.05, 0.1) is 22.7 Å². The number of anilines is 1. The van der Waals surface area contributed by atoms with Crippen LogP contribution in [0.4, 0.5) is 5.69 Å². The van der Waals surface area contributed by atoms with Crippen molar-refractivity contribution in [3.8, 4) is 5.75 Å². The zero-order valence-corrected chi connectivity index (χ0v) is 16.7. The van der Waals surface area contributed by atoms with Crippen molar-refractivity contribution in [3.63, 3.8) is 0 Å². The molecule has 0 radical (unpaired) electrons. The smallest absolute Gasteiger partial charge is 0.265 e. The molecule has 0 fully saturated rings. The average molecular weight is 394 g/mol. The summed E-state index contributed by atoms with van der Waals surface area (Å²) in [7, 11) is 1.75. The maximum Gasteiger partial charge on any atom is 0.265 e. The molecule has 0 saturated heterocycles. The van der Waals surface area contributed by atoms with E-state index in [2.05, 4.69) is 5.32 Å². The molecule has 1 aromatic heterocycles. The lowest BCUT2D eigenvalue weighted by molar-refractivity contribution is 0.0786. The third kappa shape index (κ3) is 4.78. The third-order valence-corrected chi connectivity index (χ3v) is 5.02. The highest BCUT2D eigenvalue weighted by Gasteiger charge is 2.18. The number of carbonyl (C=O) groups is 2. The summed E-state index contributed by atoms with van der Waals surface area (Å²) in [6.45, 7) is 3.01. The molecular weight excluding hydrogens is 372 g/mol. The molecule has 0 aliphatic rings. The summed E-state index contributed by atoms with van der Waals surface area (Å²) >= 11 is 1.36. The van der Waals surface area contributed by atoms with E-state index in [4.69, 9.17) is 4.74 Å². The van der Waals surface area contributed by atoms with Crippen molar-refractivity contribution < 1.29 is 14.3 Å². The van der Waals surface area contributed by atoms with Crippen LogP contribution in [0, 0.1) is 0 Å². The summed E-state index contributed by atoms with van der Waals surface area (Å²) in [5, 5.41) is 4.69. The fourth-order valence-corrected chi connectivity index (χ4v) is 3.40. The molecule has 2 amide bonds. The Balaban J connectivity index is 1.72. The number of nitrogens with zero attached hydrogens (tertiary/aromatic N) is 1. The second kappa shape index (κ2) is 9.19. The van der Waals surface area contributed by atoms with Crippen molar-refractivity contribution in [1.29, 1.82) is 0 Å². The summed E-state index contributed by atoms with van der Waals surface area (Å²) in [5.74, 6) is 0.433. The van der Waals surface area contributed by atoms with E-state index in [1.165, 1.54) is 11.3 Å². The summed E-state index contributed by atoms with van der Waals surface area (Å²) in [5.41, 5.74) is 1.96. The molecule has 3 rings (SSSR count). The van der Waals surface area contributed by atoms with Gasteiger partial charge in [0.1, 0.15) is 5.75 Å². The van der Waals surface area contributed by atoms with Crippen LogP contribution in [0.25, 0.3) is 0 Å². The van der Waals surface area contributed by atoms with Gasteiger partial charge < -0.3 is 15.0 Å². The van der Waals surface area contributed by atoms with E-state index in [9.17, 15) is 9.59 Å². The van der Waals surface area contributed by atoms with Gasteiger partial charge in [-0.1, -0.05) is 30.3 Å². The van der Waals surface area contributed by atoms with Gasteiger partial charge >= 0.3 is 0 Å². The van der Waals surface area contributed by atoms with Crippen molar-refractivity contribution in [3.05, 3.63) is 82.0 Å². The third-order valence-electron chi connectivity index (χ3n) is 4.15. The van der Waals surface area contributed by atoms with E-state index in [0.29, 0.717) is 29.3 Å². The predicted molar refractivity (Wildman–Crippen MR) is 112 cm³/mol. The minimum absolute atomic E-state index is 0.157. The van der Waals surface area contributed by atoms with E-state index in [1.54, 1.807) is 42.3 Å². The van der Waals surface area contributed by atoms with E-state index in [0.717, 1.165) is 11.3 Å². The van der Waals surface area contributed by atoms with E-state index in [1.807, 2.05) is 42.6 Å². The Morgan fingerprint density at radius 2 is 1.79 bits per heavy atom. The van der Waals surface area contributed by atoms with Crippen LogP contribution in [0.15, 0.2) is 66.0 Å². The van der Waals surface area contributed by atoms with Gasteiger partial charge in [-0.15, -0.1) is 11.3 Å². The van der Waals surface area contributed by atoms with Crippen LogP contribution < -0.4 is 10.1 Å². The SMILES string of the molecule is CCOc1ccc(CN(C)C(=O)c2ccccc2NC(=O)c2cccs2)cc1. The number of hydrogen-bond acceptors (Lipinski definition) is 4. The quantitative estimate of drug-likeness (QED) is 0.633. The van der Waals surface area contributed by atoms with E-state index in [-0.39, 0.29) is 11.8 Å². The zero-order valence-electron chi connectivity index (χ0n) is 15.8. The molecule has 0 aliphatic carbocycles. The molecule has 0 bridgehead atoms. The topological polar surface area (TPSA) is 58.6 Å². The Labute approximate surface area is 168 Å². The van der Waals surface area contributed by atoms with Crippen molar-refractivity contribution in [2.24, 2.45) is 0 Å². The summed E-state index contributed by atoms with van der Waals surface area (Å²) in [4.78, 5) is 27.6. The number of ether oxygens (including phenoxy) is 1. The van der Waals surface area contributed by atoms with Gasteiger partial charge in [0.25, 0.3) is 11.8 Å². The molecule has 28 heavy (non-hydrogen) atoms. The second-order valence-corrected chi connectivity index (χ2v) is 7.16. The highest BCUT2D eigenvalue weighted by atomic mass is 32.1. The van der Waals surface area contributed by atoms with Crippen LogP contribution >= 0.6 is 11.3 Å². The van der Waals surface area contributed by atoms with Crippen molar-refractivity contribution in [2.45, 2.75) is 13.5 Å². The fourth-order valence-electron chi connectivity index (χ4n) is 2.78. The molecule has 0 atom stereocenters. The summed E-state index contributed by atoms with van der Waals surface area (Å²) in [6.07, 6.45) is 0. The Bertz CT molecular complexity index is 937. The monoisotopic (exact) mass is 394 g/mol. The van der Waals surface area contributed by atoms with Gasteiger partial charge in [0, 0.05) is 13.6 Å². The molecule has 144 valence electrons. The van der Waals surface area contributed by atoms with Gasteiger partial charge in [-0.25, -0.2) is 0 Å². The number of para-hydroxylation sites is 1. The van der Waals surface area contributed by atoms with Crippen LogP contribution in [0.2, 0.25) is 0 Å². The zero-order chi connectivity index (χ0) is 19.9. The van der Waals surface area contributed by atoms with Gasteiger partial charge in [0.2, 0.25) is 0 Å². The van der Waals surface area contributed by atoms with Crippen molar-refractivity contribution in [2.75, 3.05) is 19.0 Å². The molecule has 6 heteroatoms. The number of thiophene rings is 1. The Morgan fingerprint density at radius 3 is 2.46 bits per heavy atom. The van der Waals surface area contributed by atoms with Crippen LogP contribution in [-0.2, 0) is 6.54 Å². The molecular formula is C22H22N2O3S. The van der Waals surface area contributed by atoms with Gasteiger partial charge in [-0.3, -0.25) is 9.59 Å². The first kappa shape index (κ1) is 19.6. The molecule has 2 aromatic carbocycles. The molecule has 0 unspecified atom stereocenters. The Hall–Kier alpha value is -3.12. The standard InChI is InChI=1S/C22H22N2O3S/c1-3-27-17-12-10-16(11-13-17)15-24(2)22(26)18-7-4-5-8-19(18)23-21(25)20-9-6-14-28-20/h4-14H,3,15H2,1-2H3,(H,23,25). The number of rotatable bonds is 7. The minimum Gasteiger partial charge on any atom is -0.494 e. The van der Waals surface area contributed by atoms with E-state index >= 15 is 0 Å². The highest BCUT2D eigenvalue weighted by Crippen LogP contribution is 2.20. The predicted octanol–water partition coefficient (Wildman–Crippen LogP) is 4.67. The molecule has 0 spiro atoms. The lowest BCUT2D eigenvalue weighted by atomic mass is 10.1. The van der Waals surface area contributed by atoms with Crippen molar-refractivity contribution in [1.82, 2.24) is 4.90 Å². The van der Waals surface area contributed by atoms with E-state index < -0.39 is 0 Å². The maximum atomic E-state index is 13.0. The molecule has 1 N–H and O–H groups in total. The Morgan fingerprint density at radius 1 is 1.04 bits per heavy atom. The van der Waals surface area contributed by atoms with Gasteiger partial charge in [0.15, 0.2) is 0 Å². The number of nitrogens with one attached hydrogen (secondary N) is 1. The second-order valence-electron chi connectivity index (χ2n) is 6.22. The first-order valence-corrected chi connectivity index (χ1v) is 9.87. The van der Waals surface area contributed by atoms with Crippen LogP contribution in [-0.4, -0.2) is 30.4 Å². The normalized spacial score (nSPS) is 10.4. The molecule has 0 saturated carbocycles. The average Bonchev–Trinajstić information content (AvgIpc) is 3.24. The molecule has 5 nitrogen and oxygen atoms in total. The molecule has 1 heterocycles. The van der Waals surface area contributed by atoms with Crippen LogP contribution in [0.3, 0.4) is 0 Å². The highest BCUT2D eigenvalue weighted by molar-refractivity contribution is 7.12. The number of benzene rings is 2. The largest absolute Gasteiger partial charge is 0.494 e. The maximum absolute atomic E-state index is 13.0. The van der Waals surface area contributed by atoms with Gasteiger partial charge in [-0.05, 0) is 48.2 Å². The summed E-state index contributed by atoms with van der Waals surface area (Å²) in [6, 6.07) is 18.3. The first-order chi connectivity index (χ1) is 13.6. The Kier molecular flexibility index (Phi) is 6.45. The van der Waals surface area contributed by atoms with Gasteiger partial charge in [-0.2, -0.15) is 0 Å². The molecule has 3 aromatic rings. The summed E-state index contributed by atoms with van der Waals surface area (Å²) < 4.78 is 5.45. The minimum atomic E-state index is -0.218. The lowest BCUT2D eigenvalue weighted by Crippen LogP contribution is -2.27.